The molecule has 3 amide bonds. The second kappa shape index (κ2) is 5.45. The zero-order chi connectivity index (χ0) is 16.2. The van der Waals surface area contributed by atoms with Gasteiger partial charge in [0.05, 0.1) is 0 Å². The summed E-state index contributed by atoms with van der Waals surface area (Å²) in [6.45, 7) is 5.35. The Morgan fingerprint density at radius 2 is 1.70 bits per heavy atom. The molecule has 2 bridgehead atoms. The molecule has 1 N–H and O–H groups in total. The van der Waals surface area contributed by atoms with E-state index in [-0.39, 0.29) is 24.0 Å². The van der Waals surface area contributed by atoms with Crippen LogP contribution in [0.3, 0.4) is 0 Å². The van der Waals surface area contributed by atoms with E-state index in [9.17, 15) is 9.59 Å². The van der Waals surface area contributed by atoms with E-state index < -0.39 is 5.54 Å². The normalized spacial score (nSPS) is 38.4. The summed E-state index contributed by atoms with van der Waals surface area (Å²) in [5, 5.41) is 3.60. The minimum atomic E-state index is -0.610. The molecule has 4 heterocycles. The van der Waals surface area contributed by atoms with Gasteiger partial charge in [-0.3, -0.25) is 9.69 Å². The predicted octanol–water partition coefficient (Wildman–Crippen LogP) is 1.49. The molecule has 0 aromatic rings. The van der Waals surface area contributed by atoms with Crippen LogP contribution in [0.15, 0.2) is 0 Å². The average Bonchev–Trinajstić information content (AvgIpc) is 2.96. The van der Waals surface area contributed by atoms with Crippen molar-refractivity contribution in [1.29, 1.82) is 0 Å². The summed E-state index contributed by atoms with van der Waals surface area (Å²) in [5.74, 6) is 0.0569. The number of hydrogen-bond acceptors (Lipinski definition) is 4. The molecule has 2 atom stereocenters. The number of piperidine rings is 1. The fraction of sp³-hybridized carbons (Fsp3) is 0.882. The summed E-state index contributed by atoms with van der Waals surface area (Å²) >= 11 is 0. The van der Waals surface area contributed by atoms with E-state index in [4.69, 9.17) is 4.74 Å². The van der Waals surface area contributed by atoms with Crippen molar-refractivity contribution in [3.63, 3.8) is 0 Å². The number of amides is 3. The maximum absolute atomic E-state index is 13.4. The quantitative estimate of drug-likeness (QED) is 0.783. The third-order valence-electron chi connectivity index (χ3n) is 6.07. The van der Waals surface area contributed by atoms with Crippen molar-refractivity contribution in [2.75, 3.05) is 13.2 Å². The zero-order valence-corrected chi connectivity index (χ0v) is 14.1. The summed E-state index contributed by atoms with van der Waals surface area (Å²) in [6.07, 6.45) is 5.32. The molecular formula is C17H27N3O3. The van der Waals surface area contributed by atoms with Gasteiger partial charge in [0.2, 0.25) is 0 Å². The van der Waals surface area contributed by atoms with Crippen LogP contribution < -0.4 is 5.32 Å². The first-order valence-corrected chi connectivity index (χ1v) is 9.04. The lowest BCUT2D eigenvalue weighted by molar-refractivity contribution is -0.138. The molecule has 4 aliphatic rings. The second-order valence-electron chi connectivity index (χ2n) is 7.84. The molecular weight excluding hydrogens is 294 g/mol. The Kier molecular flexibility index (Phi) is 3.65. The smallest absolute Gasteiger partial charge is 0.328 e. The third-order valence-corrected chi connectivity index (χ3v) is 6.07. The number of hydrogen-bond donors (Lipinski definition) is 1. The number of carbonyl (C=O) groups is 2. The molecule has 4 fully saturated rings. The van der Waals surface area contributed by atoms with Crippen molar-refractivity contribution in [2.24, 2.45) is 0 Å². The first-order valence-electron chi connectivity index (χ1n) is 9.04. The molecule has 0 saturated carbocycles. The van der Waals surface area contributed by atoms with Crippen molar-refractivity contribution in [3.8, 4) is 0 Å². The highest BCUT2D eigenvalue weighted by molar-refractivity contribution is 6.07. The van der Waals surface area contributed by atoms with Gasteiger partial charge in [-0.2, -0.15) is 0 Å². The van der Waals surface area contributed by atoms with Crippen molar-refractivity contribution in [2.45, 2.75) is 82.1 Å². The van der Waals surface area contributed by atoms with Crippen LogP contribution in [0.1, 0.15) is 52.4 Å². The number of imide groups is 1. The highest BCUT2D eigenvalue weighted by atomic mass is 16.5. The maximum Gasteiger partial charge on any atom is 0.328 e. The van der Waals surface area contributed by atoms with Gasteiger partial charge in [0.15, 0.2) is 0 Å². The summed E-state index contributed by atoms with van der Waals surface area (Å²) < 4.78 is 5.41. The van der Waals surface area contributed by atoms with E-state index in [0.717, 1.165) is 38.5 Å². The first-order chi connectivity index (χ1) is 11.0. The number of nitrogens with zero attached hydrogens (tertiary/aromatic N) is 2. The highest BCUT2D eigenvalue weighted by Gasteiger charge is 2.62. The van der Waals surface area contributed by atoms with Gasteiger partial charge in [0.25, 0.3) is 5.91 Å². The van der Waals surface area contributed by atoms with Crippen LogP contribution in [-0.4, -0.2) is 64.7 Å². The Bertz CT molecular complexity index is 503. The number of rotatable bonds is 2. The number of carbonyl (C=O) groups excluding carboxylic acids is 2. The van der Waals surface area contributed by atoms with Gasteiger partial charge in [0, 0.05) is 37.4 Å². The van der Waals surface area contributed by atoms with Gasteiger partial charge in [-0.05, 0) is 52.4 Å². The second-order valence-corrected chi connectivity index (χ2v) is 7.84. The molecule has 0 radical (unpaired) electrons. The molecule has 4 rings (SSSR count). The molecule has 4 aliphatic heterocycles. The van der Waals surface area contributed by atoms with Crippen molar-refractivity contribution in [3.05, 3.63) is 0 Å². The molecule has 2 unspecified atom stereocenters. The molecule has 0 aromatic heterocycles. The first kappa shape index (κ1) is 15.4. The van der Waals surface area contributed by atoms with Gasteiger partial charge >= 0.3 is 6.03 Å². The van der Waals surface area contributed by atoms with E-state index in [1.165, 1.54) is 0 Å². The van der Waals surface area contributed by atoms with E-state index in [1.54, 1.807) is 4.90 Å². The Morgan fingerprint density at radius 1 is 1.09 bits per heavy atom. The molecule has 0 aromatic carbocycles. The van der Waals surface area contributed by atoms with Crippen LogP contribution in [-0.2, 0) is 9.53 Å². The Labute approximate surface area is 137 Å². The minimum absolute atomic E-state index is 0.0110. The average molecular weight is 321 g/mol. The zero-order valence-electron chi connectivity index (χ0n) is 14.1. The van der Waals surface area contributed by atoms with Gasteiger partial charge in [-0.25, -0.2) is 4.79 Å². The molecule has 23 heavy (non-hydrogen) atoms. The molecule has 4 saturated heterocycles. The van der Waals surface area contributed by atoms with Crippen LogP contribution in [0, 0.1) is 0 Å². The van der Waals surface area contributed by atoms with Crippen molar-refractivity contribution < 1.29 is 14.3 Å². The SMILES string of the molecule is CC(C)N1C(=O)N(C2CCOCC2)C(=O)C12CC1CCC(C2)N1. The predicted molar refractivity (Wildman–Crippen MR) is 85.0 cm³/mol. The van der Waals surface area contributed by atoms with Crippen LogP contribution in [0.5, 0.6) is 0 Å². The summed E-state index contributed by atoms with van der Waals surface area (Å²) in [7, 11) is 0. The number of ether oxygens (including phenoxy) is 1. The fourth-order valence-electron chi connectivity index (χ4n) is 5.19. The standard InChI is InChI=1S/C17H27N3O3/c1-11(2)20-16(22)19(14-5-7-23-8-6-14)15(21)17(20)9-12-3-4-13(10-17)18-12/h11-14,18H,3-10H2,1-2H3. The largest absolute Gasteiger partial charge is 0.381 e. The van der Waals surface area contributed by atoms with Crippen molar-refractivity contribution >= 4 is 11.9 Å². The van der Waals surface area contributed by atoms with Crippen LogP contribution in [0.4, 0.5) is 4.79 Å². The van der Waals surface area contributed by atoms with Gasteiger partial charge in [-0.1, -0.05) is 0 Å². The van der Waals surface area contributed by atoms with Gasteiger partial charge in [0.1, 0.15) is 5.54 Å². The molecule has 6 heteroatoms. The van der Waals surface area contributed by atoms with Gasteiger partial charge < -0.3 is 15.0 Å². The topological polar surface area (TPSA) is 61.9 Å². The lowest BCUT2D eigenvalue weighted by Gasteiger charge is -2.43. The van der Waals surface area contributed by atoms with Crippen LogP contribution in [0.2, 0.25) is 0 Å². The molecule has 1 spiro atoms. The number of fused-ring (bicyclic) bond motifs is 2. The summed E-state index contributed by atoms with van der Waals surface area (Å²) in [4.78, 5) is 30.0. The van der Waals surface area contributed by atoms with Crippen LogP contribution in [0.25, 0.3) is 0 Å². The third kappa shape index (κ3) is 2.22. The monoisotopic (exact) mass is 321 g/mol. The van der Waals surface area contributed by atoms with Crippen LogP contribution >= 0.6 is 0 Å². The lowest BCUT2D eigenvalue weighted by Crippen LogP contribution is -2.60. The summed E-state index contributed by atoms with van der Waals surface area (Å²) in [6, 6.07) is 0.742. The number of urea groups is 1. The number of nitrogens with one attached hydrogen (secondary N) is 1. The van der Waals surface area contributed by atoms with Gasteiger partial charge in [-0.15, -0.1) is 0 Å². The van der Waals surface area contributed by atoms with Crippen molar-refractivity contribution in [1.82, 2.24) is 15.1 Å². The van der Waals surface area contributed by atoms with E-state index in [2.05, 4.69) is 5.32 Å². The molecule has 128 valence electrons. The molecule has 6 nitrogen and oxygen atoms in total. The van der Waals surface area contributed by atoms with E-state index in [0.29, 0.717) is 25.3 Å². The Balaban J connectivity index is 1.69. The molecule has 0 aliphatic carbocycles. The Morgan fingerprint density at radius 3 is 2.26 bits per heavy atom. The maximum atomic E-state index is 13.4. The Hall–Kier alpha value is -1.14. The summed E-state index contributed by atoms with van der Waals surface area (Å²) in [5.41, 5.74) is -0.610. The van der Waals surface area contributed by atoms with E-state index in [1.807, 2.05) is 18.7 Å². The fourth-order valence-corrected chi connectivity index (χ4v) is 5.19. The highest BCUT2D eigenvalue weighted by Crippen LogP contribution is 2.45. The van der Waals surface area contributed by atoms with E-state index >= 15 is 0 Å². The minimum Gasteiger partial charge on any atom is -0.381 e. The lowest BCUT2D eigenvalue weighted by atomic mass is 9.81.